The predicted octanol–water partition coefficient (Wildman–Crippen LogP) is 2.91. The Morgan fingerprint density at radius 3 is 2.57 bits per heavy atom. The fraction of sp³-hybridized carbons (Fsp3) is 0.577. The van der Waals surface area contributed by atoms with Crippen LogP contribution in [0.1, 0.15) is 38.3 Å². The zero-order chi connectivity index (χ0) is 26.4. The van der Waals surface area contributed by atoms with Crippen LogP contribution in [0.2, 0.25) is 0 Å². The van der Waals surface area contributed by atoms with Crippen molar-refractivity contribution >= 4 is 27.4 Å². The van der Waals surface area contributed by atoms with Crippen molar-refractivity contribution in [2.24, 2.45) is 0 Å². The van der Waals surface area contributed by atoms with E-state index >= 15 is 0 Å². The third-order valence-electron chi connectivity index (χ3n) is 6.83. The van der Waals surface area contributed by atoms with Gasteiger partial charge in [-0.05, 0) is 58.1 Å². The first-order chi connectivity index (χ1) is 17.7. The number of urea groups is 1. The molecule has 37 heavy (non-hydrogen) atoms. The van der Waals surface area contributed by atoms with Crippen molar-refractivity contribution in [3.05, 3.63) is 36.0 Å². The molecule has 0 radical (unpaired) electrons. The van der Waals surface area contributed by atoms with E-state index in [9.17, 15) is 13.2 Å². The summed E-state index contributed by atoms with van der Waals surface area (Å²) in [5.41, 5.74) is 1.90. The molecule has 0 spiro atoms. The molecule has 0 bridgehead atoms. The van der Waals surface area contributed by atoms with Gasteiger partial charge in [0.15, 0.2) is 15.7 Å². The van der Waals surface area contributed by atoms with Crippen molar-refractivity contribution in [2.45, 2.75) is 49.7 Å². The second-order valence-electron chi connectivity index (χ2n) is 10.1. The van der Waals surface area contributed by atoms with E-state index < -0.39 is 9.84 Å². The fourth-order valence-corrected chi connectivity index (χ4v) is 6.59. The highest BCUT2D eigenvalue weighted by molar-refractivity contribution is 7.91. The molecule has 10 nitrogen and oxygen atoms in total. The maximum absolute atomic E-state index is 13.1. The number of rotatable bonds is 9. The van der Waals surface area contributed by atoms with E-state index in [2.05, 4.69) is 27.4 Å². The van der Waals surface area contributed by atoms with Crippen LogP contribution in [0.15, 0.2) is 30.3 Å². The van der Waals surface area contributed by atoms with Gasteiger partial charge in [0.25, 0.3) is 0 Å². The van der Waals surface area contributed by atoms with E-state index in [1.54, 1.807) is 12.1 Å². The van der Waals surface area contributed by atoms with Gasteiger partial charge in [-0.1, -0.05) is 12.8 Å². The fourth-order valence-electron chi connectivity index (χ4n) is 4.74. The van der Waals surface area contributed by atoms with Crippen LogP contribution >= 0.6 is 0 Å². The van der Waals surface area contributed by atoms with E-state index in [0.29, 0.717) is 49.3 Å². The van der Waals surface area contributed by atoms with Crippen molar-refractivity contribution in [1.29, 1.82) is 0 Å². The normalized spacial score (nSPS) is 18.8. The minimum atomic E-state index is -3.30. The Balaban J connectivity index is 1.56. The number of nitrogens with one attached hydrogen (secondary N) is 2. The summed E-state index contributed by atoms with van der Waals surface area (Å²) in [6.07, 6.45) is 3.38. The maximum Gasteiger partial charge on any atom is 0.319 e. The molecular formula is C26H38N6O4S. The van der Waals surface area contributed by atoms with Gasteiger partial charge in [-0.3, -0.25) is 0 Å². The van der Waals surface area contributed by atoms with Crippen molar-refractivity contribution in [3.8, 4) is 11.4 Å². The van der Waals surface area contributed by atoms with Gasteiger partial charge < -0.3 is 25.2 Å². The zero-order valence-electron chi connectivity index (χ0n) is 21.9. The minimum absolute atomic E-state index is 0.0916. The second-order valence-corrected chi connectivity index (χ2v) is 12.4. The average Bonchev–Trinajstić information content (AvgIpc) is 3.40. The van der Waals surface area contributed by atoms with Gasteiger partial charge in [-0.2, -0.15) is 0 Å². The lowest BCUT2D eigenvalue weighted by Crippen LogP contribution is -2.44. The summed E-state index contributed by atoms with van der Waals surface area (Å²) in [6, 6.07) is 8.93. The first-order valence-electron chi connectivity index (χ1n) is 13.0. The number of anilines is 2. The Morgan fingerprint density at radius 1 is 1.16 bits per heavy atom. The van der Waals surface area contributed by atoms with Crippen LogP contribution in [-0.4, -0.2) is 87.6 Å². The highest BCUT2D eigenvalue weighted by atomic mass is 32.2. The van der Waals surface area contributed by atoms with E-state index in [0.717, 1.165) is 37.8 Å². The molecule has 4 rings (SSSR count). The molecule has 2 fully saturated rings. The van der Waals surface area contributed by atoms with Gasteiger partial charge >= 0.3 is 6.03 Å². The minimum Gasteiger partial charge on any atom is -0.377 e. The first kappa shape index (κ1) is 27.3. The smallest absolute Gasteiger partial charge is 0.319 e. The molecule has 2 heterocycles. The standard InChI is InChI=1S/C26H38N6O4S/c1-19-17-36-15-14-32(19)24-16-22(18-37(34,35)23-6-4-5-7-23)28-25(30-24)20-8-10-21(11-9-20)29-26(33)27-12-13-31(2)3/h8-11,16,19,23H,4-7,12-15,17-18H2,1-3H3,(H2,27,29,33)/t19-/m0/s1. The van der Waals surface area contributed by atoms with Crippen molar-refractivity contribution in [1.82, 2.24) is 20.2 Å². The van der Waals surface area contributed by atoms with Crippen molar-refractivity contribution < 1.29 is 17.9 Å². The van der Waals surface area contributed by atoms with E-state index in [4.69, 9.17) is 9.72 Å². The van der Waals surface area contributed by atoms with Crippen molar-refractivity contribution in [2.75, 3.05) is 57.2 Å². The lowest BCUT2D eigenvalue weighted by Gasteiger charge is -2.34. The summed E-state index contributed by atoms with van der Waals surface area (Å²) >= 11 is 0. The molecule has 2 aromatic rings. The number of hydrogen-bond acceptors (Lipinski definition) is 8. The monoisotopic (exact) mass is 530 g/mol. The quantitative estimate of drug-likeness (QED) is 0.508. The van der Waals surface area contributed by atoms with Crippen molar-refractivity contribution in [3.63, 3.8) is 0 Å². The predicted molar refractivity (Wildman–Crippen MR) is 146 cm³/mol. The van der Waals surface area contributed by atoms with E-state index in [1.807, 2.05) is 37.2 Å². The molecule has 2 amide bonds. The number of aromatic nitrogens is 2. The Morgan fingerprint density at radius 2 is 1.89 bits per heavy atom. The lowest BCUT2D eigenvalue weighted by molar-refractivity contribution is 0.0985. The summed E-state index contributed by atoms with van der Waals surface area (Å²) < 4.78 is 31.8. The summed E-state index contributed by atoms with van der Waals surface area (Å²) in [5, 5.41) is 5.36. The number of sulfone groups is 1. The van der Waals surface area contributed by atoms with Gasteiger partial charge in [0.05, 0.1) is 36.0 Å². The SMILES string of the molecule is C[C@H]1COCCN1c1cc(CS(=O)(=O)C2CCCC2)nc(-c2ccc(NC(=O)NCCN(C)C)cc2)n1. The van der Waals surface area contributed by atoms with Gasteiger partial charge in [0, 0.05) is 37.0 Å². The number of benzene rings is 1. The highest BCUT2D eigenvalue weighted by Crippen LogP contribution is 2.29. The second kappa shape index (κ2) is 12.2. The third kappa shape index (κ3) is 7.39. The summed E-state index contributed by atoms with van der Waals surface area (Å²) in [6.45, 7) is 5.23. The summed E-state index contributed by atoms with van der Waals surface area (Å²) in [7, 11) is 0.601. The number of carbonyl (C=O) groups excluding carboxylic acids is 1. The zero-order valence-corrected chi connectivity index (χ0v) is 22.8. The summed E-state index contributed by atoms with van der Waals surface area (Å²) in [5.74, 6) is 1.08. The van der Waals surface area contributed by atoms with Crippen LogP contribution in [0.5, 0.6) is 0 Å². The Hall–Kier alpha value is -2.76. The first-order valence-corrected chi connectivity index (χ1v) is 14.7. The summed E-state index contributed by atoms with van der Waals surface area (Å²) in [4.78, 5) is 25.8. The van der Waals surface area contributed by atoms with Crippen LogP contribution in [0.3, 0.4) is 0 Å². The van der Waals surface area contributed by atoms with E-state index in [-0.39, 0.29) is 23.1 Å². The average molecular weight is 531 g/mol. The largest absolute Gasteiger partial charge is 0.377 e. The molecule has 1 atom stereocenters. The number of nitrogens with zero attached hydrogens (tertiary/aromatic N) is 4. The number of carbonyl (C=O) groups is 1. The number of amides is 2. The molecule has 1 aliphatic carbocycles. The van der Waals surface area contributed by atoms with Gasteiger partial charge in [-0.25, -0.2) is 23.2 Å². The van der Waals surface area contributed by atoms with Gasteiger partial charge in [0.1, 0.15) is 5.82 Å². The molecule has 1 aliphatic heterocycles. The van der Waals surface area contributed by atoms with Gasteiger partial charge in [0.2, 0.25) is 0 Å². The molecule has 1 aromatic carbocycles. The molecule has 2 N–H and O–H groups in total. The number of hydrogen-bond donors (Lipinski definition) is 2. The van der Waals surface area contributed by atoms with Gasteiger partial charge in [-0.15, -0.1) is 0 Å². The molecule has 11 heteroatoms. The number of morpholine rings is 1. The molecule has 1 saturated heterocycles. The Bertz CT molecular complexity index is 1170. The third-order valence-corrected chi connectivity index (χ3v) is 9.02. The lowest BCUT2D eigenvalue weighted by atomic mass is 10.2. The van der Waals surface area contributed by atoms with Crippen LogP contribution in [0.25, 0.3) is 11.4 Å². The molecule has 1 saturated carbocycles. The number of ether oxygens (including phenoxy) is 1. The number of likely N-dealkylation sites (N-methyl/N-ethyl adjacent to an activating group) is 1. The molecule has 202 valence electrons. The van der Waals surface area contributed by atoms with Crippen LogP contribution in [0, 0.1) is 0 Å². The Kier molecular flexibility index (Phi) is 8.99. The molecule has 2 aliphatic rings. The maximum atomic E-state index is 13.1. The van der Waals surface area contributed by atoms with Crippen LogP contribution in [-0.2, 0) is 20.3 Å². The Labute approximate surface area is 219 Å². The van der Waals surface area contributed by atoms with Crippen LogP contribution < -0.4 is 15.5 Å². The highest BCUT2D eigenvalue weighted by Gasteiger charge is 2.30. The van der Waals surface area contributed by atoms with Crippen LogP contribution in [0.4, 0.5) is 16.3 Å². The topological polar surface area (TPSA) is 117 Å². The molecule has 1 aromatic heterocycles. The molecular weight excluding hydrogens is 492 g/mol. The van der Waals surface area contributed by atoms with E-state index in [1.165, 1.54) is 0 Å². The molecule has 0 unspecified atom stereocenters.